The standard InChI is InChI=1S/C11H13ClFN3O2/c1-3-16(2)9(17)6-15-11(18)8-4-7(13)5-14-10(8)12/h4-5H,3,6H2,1-2H3,(H,15,18). The number of halogens is 2. The molecule has 18 heavy (non-hydrogen) atoms. The maximum atomic E-state index is 12.9. The Kier molecular flexibility index (Phi) is 5.03. The summed E-state index contributed by atoms with van der Waals surface area (Å²) < 4.78 is 12.9. The predicted molar refractivity (Wildman–Crippen MR) is 64.8 cm³/mol. The van der Waals surface area contributed by atoms with Crippen LogP contribution in [0.3, 0.4) is 0 Å². The molecule has 0 aromatic carbocycles. The van der Waals surface area contributed by atoms with Gasteiger partial charge in [-0.05, 0) is 13.0 Å². The normalized spacial score (nSPS) is 10.0. The fraction of sp³-hybridized carbons (Fsp3) is 0.364. The molecule has 1 N–H and O–H groups in total. The second kappa shape index (κ2) is 6.30. The minimum atomic E-state index is -0.665. The molecule has 0 fully saturated rings. The lowest BCUT2D eigenvalue weighted by Crippen LogP contribution is -2.38. The third-order valence-corrected chi connectivity index (χ3v) is 2.65. The second-order valence-corrected chi connectivity index (χ2v) is 3.94. The fourth-order valence-corrected chi connectivity index (χ4v) is 1.33. The van der Waals surface area contributed by atoms with Crippen LogP contribution in [0.25, 0.3) is 0 Å². The molecule has 0 spiro atoms. The van der Waals surface area contributed by atoms with Crippen molar-refractivity contribution < 1.29 is 14.0 Å². The van der Waals surface area contributed by atoms with E-state index < -0.39 is 11.7 Å². The number of carbonyl (C=O) groups is 2. The van der Waals surface area contributed by atoms with Gasteiger partial charge in [-0.2, -0.15) is 0 Å². The molecule has 1 aromatic heterocycles. The maximum Gasteiger partial charge on any atom is 0.254 e. The van der Waals surface area contributed by atoms with Gasteiger partial charge in [-0.1, -0.05) is 11.6 Å². The zero-order valence-corrected chi connectivity index (χ0v) is 10.8. The fourth-order valence-electron chi connectivity index (χ4n) is 1.14. The van der Waals surface area contributed by atoms with E-state index in [4.69, 9.17) is 11.6 Å². The molecular weight excluding hydrogens is 261 g/mol. The molecule has 2 amide bonds. The van der Waals surface area contributed by atoms with E-state index in [0.717, 1.165) is 12.3 Å². The number of hydrogen-bond acceptors (Lipinski definition) is 3. The molecule has 0 unspecified atom stereocenters. The molecule has 0 aliphatic heterocycles. The van der Waals surface area contributed by atoms with Crippen molar-refractivity contribution in [3.05, 3.63) is 28.8 Å². The summed E-state index contributed by atoms with van der Waals surface area (Å²) in [6.07, 6.45) is 0.912. The second-order valence-electron chi connectivity index (χ2n) is 3.58. The van der Waals surface area contributed by atoms with E-state index in [0.29, 0.717) is 6.54 Å². The van der Waals surface area contributed by atoms with Crippen molar-refractivity contribution in [1.82, 2.24) is 15.2 Å². The van der Waals surface area contributed by atoms with Crippen LogP contribution in [0, 0.1) is 5.82 Å². The molecule has 0 bridgehead atoms. The molecule has 0 aliphatic carbocycles. The Morgan fingerprint density at radius 2 is 2.22 bits per heavy atom. The first kappa shape index (κ1) is 14.4. The molecule has 0 saturated carbocycles. The average molecular weight is 274 g/mol. The third kappa shape index (κ3) is 3.66. The van der Waals surface area contributed by atoms with E-state index in [2.05, 4.69) is 10.3 Å². The van der Waals surface area contributed by atoms with Crippen molar-refractivity contribution in [3.63, 3.8) is 0 Å². The Morgan fingerprint density at radius 3 is 2.83 bits per heavy atom. The summed E-state index contributed by atoms with van der Waals surface area (Å²) in [5.74, 6) is -1.54. The first-order valence-corrected chi connectivity index (χ1v) is 5.66. The van der Waals surface area contributed by atoms with E-state index in [1.807, 2.05) is 6.92 Å². The summed E-state index contributed by atoms with van der Waals surface area (Å²) in [6, 6.07) is 0.971. The topological polar surface area (TPSA) is 62.3 Å². The van der Waals surface area contributed by atoms with Gasteiger partial charge in [0.15, 0.2) is 0 Å². The first-order chi connectivity index (χ1) is 8.45. The van der Waals surface area contributed by atoms with Crippen LogP contribution in [0.1, 0.15) is 17.3 Å². The molecular formula is C11H13ClFN3O2. The van der Waals surface area contributed by atoms with Crippen molar-refractivity contribution in [1.29, 1.82) is 0 Å². The van der Waals surface area contributed by atoms with E-state index in [1.165, 1.54) is 4.90 Å². The lowest BCUT2D eigenvalue weighted by atomic mass is 10.2. The van der Waals surface area contributed by atoms with Gasteiger partial charge in [-0.25, -0.2) is 9.37 Å². The number of hydrogen-bond donors (Lipinski definition) is 1. The van der Waals surface area contributed by atoms with Crippen LogP contribution in [0.5, 0.6) is 0 Å². The number of rotatable bonds is 4. The Labute approximate surface area is 109 Å². The van der Waals surface area contributed by atoms with E-state index in [-0.39, 0.29) is 23.2 Å². The highest BCUT2D eigenvalue weighted by Gasteiger charge is 2.14. The molecule has 1 heterocycles. The number of nitrogens with zero attached hydrogens (tertiary/aromatic N) is 2. The van der Waals surface area contributed by atoms with Gasteiger partial charge in [0.25, 0.3) is 5.91 Å². The average Bonchev–Trinajstić information content (AvgIpc) is 2.37. The zero-order valence-electron chi connectivity index (χ0n) is 10.0. The molecule has 7 heteroatoms. The molecule has 1 rings (SSSR count). The van der Waals surface area contributed by atoms with Gasteiger partial charge >= 0.3 is 0 Å². The summed E-state index contributed by atoms with van der Waals surface area (Å²) in [7, 11) is 1.62. The summed E-state index contributed by atoms with van der Waals surface area (Å²) in [4.78, 5) is 28.1. The molecule has 0 aliphatic rings. The molecule has 1 aromatic rings. The van der Waals surface area contributed by atoms with Crippen LogP contribution in [0.15, 0.2) is 12.3 Å². The predicted octanol–water partition coefficient (Wildman–Crippen LogP) is 1.08. The van der Waals surface area contributed by atoms with Gasteiger partial charge in [0.2, 0.25) is 5.91 Å². The molecule has 5 nitrogen and oxygen atoms in total. The highest BCUT2D eigenvalue weighted by Crippen LogP contribution is 2.13. The smallest absolute Gasteiger partial charge is 0.254 e. The quantitative estimate of drug-likeness (QED) is 0.835. The summed E-state index contributed by atoms with van der Waals surface area (Å²) >= 11 is 5.66. The van der Waals surface area contributed by atoms with E-state index >= 15 is 0 Å². The van der Waals surface area contributed by atoms with Crippen LogP contribution < -0.4 is 5.32 Å². The number of aromatic nitrogens is 1. The zero-order chi connectivity index (χ0) is 13.7. The minimum Gasteiger partial charge on any atom is -0.345 e. The number of nitrogens with one attached hydrogen (secondary N) is 1. The lowest BCUT2D eigenvalue weighted by Gasteiger charge is -2.14. The van der Waals surface area contributed by atoms with Crippen molar-refractivity contribution in [3.8, 4) is 0 Å². The molecule has 0 atom stereocenters. The van der Waals surface area contributed by atoms with Crippen LogP contribution in [0.4, 0.5) is 4.39 Å². The monoisotopic (exact) mass is 273 g/mol. The van der Waals surface area contributed by atoms with Gasteiger partial charge in [0, 0.05) is 13.6 Å². The van der Waals surface area contributed by atoms with Gasteiger partial charge in [0.1, 0.15) is 11.0 Å². The third-order valence-electron chi connectivity index (χ3n) is 2.35. The van der Waals surface area contributed by atoms with Crippen molar-refractivity contribution in [2.75, 3.05) is 20.1 Å². The molecule has 98 valence electrons. The Balaban J connectivity index is 2.66. The Hall–Kier alpha value is -1.69. The van der Waals surface area contributed by atoms with Gasteiger partial charge in [-0.15, -0.1) is 0 Å². The summed E-state index contributed by atoms with van der Waals surface area (Å²) in [5.41, 5.74) is -0.0939. The molecule has 0 radical (unpaired) electrons. The van der Waals surface area contributed by atoms with Crippen LogP contribution in [0.2, 0.25) is 5.15 Å². The van der Waals surface area contributed by atoms with Crippen LogP contribution >= 0.6 is 11.6 Å². The van der Waals surface area contributed by atoms with Crippen molar-refractivity contribution in [2.24, 2.45) is 0 Å². The van der Waals surface area contributed by atoms with Gasteiger partial charge in [-0.3, -0.25) is 9.59 Å². The van der Waals surface area contributed by atoms with Crippen LogP contribution in [-0.4, -0.2) is 41.8 Å². The molecule has 0 saturated heterocycles. The maximum absolute atomic E-state index is 12.9. The number of carbonyl (C=O) groups excluding carboxylic acids is 2. The van der Waals surface area contributed by atoms with E-state index in [1.54, 1.807) is 7.05 Å². The van der Waals surface area contributed by atoms with Gasteiger partial charge < -0.3 is 10.2 Å². The van der Waals surface area contributed by atoms with Crippen molar-refractivity contribution >= 4 is 23.4 Å². The highest BCUT2D eigenvalue weighted by atomic mass is 35.5. The van der Waals surface area contributed by atoms with Gasteiger partial charge in [0.05, 0.1) is 18.3 Å². The number of pyridine rings is 1. The van der Waals surface area contributed by atoms with E-state index in [9.17, 15) is 14.0 Å². The highest BCUT2D eigenvalue weighted by molar-refractivity contribution is 6.32. The van der Waals surface area contributed by atoms with Crippen molar-refractivity contribution in [2.45, 2.75) is 6.92 Å². The number of likely N-dealkylation sites (N-methyl/N-ethyl adjacent to an activating group) is 1. The van der Waals surface area contributed by atoms with Crippen LogP contribution in [-0.2, 0) is 4.79 Å². The lowest BCUT2D eigenvalue weighted by molar-refractivity contribution is -0.128. The number of amides is 2. The Morgan fingerprint density at radius 1 is 1.56 bits per heavy atom. The Bertz CT molecular complexity index is 468. The first-order valence-electron chi connectivity index (χ1n) is 5.29. The SMILES string of the molecule is CCN(C)C(=O)CNC(=O)c1cc(F)cnc1Cl. The summed E-state index contributed by atoms with van der Waals surface area (Å²) in [5, 5.41) is 2.25. The summed E-state index contributed by atoms with van der Waals surface area (Å²) in [6.45, 7) is 2.18. The minimum absolute atomic E-state index is 0.0939. The largest absolute Gasteiger partial charge is 0.345 e.